The highest BCUT2D eigenvalue weighted by atomic mass is 35.5. The normalized spacial score (nSPS) is 19.3. The van der Waals surface area contributed by atoms with E-state index in [9.17, 15) is 9.18 Å². The zero-order valence-electron chi connectivity index (χ0n) is 11.9. The Labute approximate surface area is 128 Å². The molecule has 0 saturated carbocycles. The summed E-state index contributed by atoms with van der Waals surface area (Å²) in [7, 11) is 0. The third-order valence-corrected chi connectivity index (χ3v) is 3.65. The van der Waals surface area contributed by atoms with E-state index in [4.69, 9.17) is 21.1 Å². The van der Waals surface area contributed by atoms with Gasteiger partial charge in [-0.1, -0.05) is 11.6 Å². The Morgan fingerprint density at radius 3 is 3.10 bits per heavy atom. The quantitative estimate of drug-likeness (QED) is 0.878. The van der Waals surface area contributed by atoms with E-state index in [-0.39, 0.29) is 17.0 Å². The van der Waals surface area contributed by atoms with Crippen LogP contribution >= 0.6 is 11.6 Å². The van der Waals surface area contributed by atoms with E-state index in [0.717, 1.165) is 31.9 Å². The summed E-state index contributed by atoms with van der Waals surface area (Å²) in [4.78, 5) is 11.9. The lowest BCUT2D eigenvalue weighted by molar-refractivity contribution is -0.127. The summed E-state index contributed by atoms with van der Waals surface area (Å²) in [6.45, 7) is 2.98. The van der Waals surface area contributed by atoms with Gasteiger partial charge in [-0.25, -0.2) is 4.39 Å². The SMILES string of the molecule is C[C@H](Oc1ccc(F)cc1Cl)C(=O)NCC[C@@H]1CCCO1. The van der Waals surface area contributed by atoms with Crippen LogP contribution in [-0.2, 0) is 9.53 Å². The molecule has 0 aliphatic carbocycles. The van der Waals surface area contributed by atoms with E-state index in [1.54, 1.807) is 6.92 Å². The van der Waals surface area contributed by atoms with Crippen molar-refractivity contribution in [2.75, 3.05) is 13.2 Å². The molecule has 1 aromatic carbocycles. The molecule has 2 atom stereocenters. The highest BCUT2D eigenvalue weighted by Gasteiger charge is 2.18. The largest absolute Gasteiger partial charge is 0.479 e. The Hall–Kier alpha value is -1.33. The van der Waals surface area contributed by atoms with Gasteiger partial charge in [0.05, 0.1) is 11.1 Å². The second kappa shape index (κ2) is 7.61. The molecule has 1 fully saturated rings. The van der Waals surface area contributed by atoms with E-state index in [1.165, 1.54) is 12.1 Å². The van der Waals surface area contributed by atoms with Crippen LogP contribution in [0.5, 0.6) is 5.75 Å². The molecule has 1 N–H and O–H groups in total. The van der Waals surface area contributed by atoms with Crippen molar-refractivity contribution in [3.05, 3.63) is 29.0 Å². The number of ether oxygens (including phenoxy) is 2. The molecule has 4 nitrogen and oxygen atoms in total. The highest BCUT2D eigenvalue weighted by molar-refractivity contribution is 6.32. The van der Waals surface area contributed by atoms with E-state index in [1.807, 2.05) is 0 Å². The van der Waals surface area contributed by atoms with Crippen LogP contribution in [0.1, 0.15) is 26.2 Å². The predicted molar refractivity (Wildman–Crippen MR) is 78.1 cm³/mol. The van der Waals surface area contributed by atoms with Crippen molar-refractivity contribution in [3.8, 4) is 5.75 Å². The molecule has 21 heavy (non-hydrogen) atoms. The van der Waals surface area contributed by atoms with Crippen LogP contribution in [0.3, 0.4) is 0 Å². The third-order valence-electron chi connectivity index (χ3n) is 3.36. The predicted octanol–water partition coefficient (Wildman–Crippen LogP) is 2.93. The topological polar surface area (TPSA) is 47.6 Å². The molecule has 0 radical (unpaired) electrons. The Morgan fingerprint density at radius 2 is 2.43 bits per heavy atom. The number of amides is 1. The molecule has 6 heteroatoms. The summed E-state index contributed by atoms with van der Waals surface area (Å²) in [6.07, 6.45) is 2.48. The molecule has 116 valence electrons. The van der Waals surface area contributed by atoms with Crippen molar-refractivity contribution in [2.24, 2.45) is 0 Å². The van der Waals surface area contributed by atoms with Gasteiger partial charge in [0.25, 0.3) is 5.91 Å². The second-order valence-electron chi connectivity index (χ2n) is 5.05. The second-order valence-corrected chi connectivity index (χ2v) is 5.46. The van der Waals surface area contributed by atoms with Gasteiger partial charge in [-0.15, -0.1) is 0 Å². The van der Waals surface area contributed by atoms with Crippen molar-refractivity contribution in [1.29, 1.82) is 0 Å². The molecule has 2 rings (SSSR count). The van der Waals surface area contributed by atoms with Gasteiger partial charge in [0, 0.05) is 13.2 Å². The van der Waals surface area contributed by atoms with E-state index >= 15 is 0 Å². The smallest absolute Gasteiger partial charge is 0.260 e. The minimum Gasteiger partial charge on any atom is -0.479 e. The first-order valence-corrected chi connectivity index (χ1v) is 7.45. The summed E-state index contributed by atoms with van der Waals surface area (Å²) >= 11 is 5.86. The third kappa shape index (κ3) is 4.86. The molecule has 1 heterocycles. The van der Waals surface area contributed by atoms with E-state index < -0.39 is 11.9 Å². The van der Waals surface area contributed by atoms with Crippen LogP contribution in [-0.4, -0.2) is 31.3 Å². The fraction of sp³-hybridized carbons (Fsp3) is 0.533. The zero-order chi connectivity index (χ0) is 15.2. The maximum atomic E-state index is 12.9. The fourth-order valence-corrected chi connectivity index (χ4v) is 2.40. The van der Waals surface area contributed by atoms with Crippen LogP contribution in [0.2, 0.25) is 5.02 Å². The van der Waals surface area contributed by atoms with Gasteiger partial charge in [-0.3, -0.25) is 4.79 Å². The Morgan fingerprint density at radius 1 is 1.62 bits per heavy atom. The van der Waals surface area contributed by atoms with Gasteiger partial charge in [0.1, 0.15) is 11.6 Å². The minimum atomic E-state index is -0.697. The number of carbonyl (C=O) groups excluding carboxylic acids is 1. The van der Waals surface area contributed by atoms with Gasteiger partial charge < -0.3 is 14.8 Å². The number of halogens is 2. The average molecular weight is 316 g/mol. The Balaban J connectivity index is 1.76. The molecule has 0 bridgehead atoms. The first-order valence-electron chi connectivity index (χ1n) is 7.07. The monoisotopic (exact) mass is 315 g/mol. The van der Waals surface area contributed by atoms with Crippen molar-refractivity contribution >= 4 is 17.5 Å². The molecule has 1 aromatic rings. The van der Waals surface area contributed by atoms with Gasteiger partial charge >= 0.3 is 0 Å². The fourth-order valence-electron chi connectivity index (χ4n) is 2.19. The van der Waals surface area contributed by atoms with E-state index in [0.29, 0.717) is 12.3 Å². The standard InChI is InChI=1S/C15H19ClFNO3/c1-10(21-14-5-4-11(17)9-13(14)16)15(19)18-7-6-12-3-2-8-20-12/h4-5,9-10,12H,2-3,6-8H2,1H3,(H,18,19)/t10-,12-/m0/s1. The summed E-state index contributed by atoms with van der Waals surface area (Å²) in [5, 5.41) is 2.95. The Bertz CT molecular complexity index is 492. The number of benzene rings is 1. The number of nitrogens with one attached hydrogen (secondary N) is 1. The molecule has 1 aliphatic rings. The lowest BCUT2D eigenvalue weighted by Crippen LogP contribution is -2.37. The van der Waals surface area contributed by atoms with Crippen LogP contribution in [0.25, 0.3) is 0 Å². The van der Waals surface area contributed by atoms with Crippen LogP contribution in [0, 0.1) is 5.82 Å². The number of rotatable bonds is 6. The van der Waals surface area contributed by atoms with Crippen molar-refractivity contribution in [2.45, 2.75) is 38.4 Å². The zero-order valence-corrected chi connectivity index (χ0v) is 12.7. The Kier molecular flexibility index (Phi) is 5.82. The molecule has 0 aromatic heterocycles. The average Bonchev–Trinajstić information content (AvgIpc) is 2.95. The van der Waals surface area contributed by atoms with Gasteiger partial charge in [-0.05, 0) is 44.4 Å². The van der Waals surface area contributed by atoms with Crippen LogP contribution in [0.15, 0.2) is 18.2 Å². The first-order chi connectivity index (χ1) is 10.1. The summed E-state index contributed by atoms with van der Waals surface area (Å²) in [6, 6.07) is 3.80. The van der Waals surface area contributed by atoms with E-state index in [2.05, 4.69) is 5.32 Å². The molecular weight excluding hydrogens is 297 g/mol. The van der Waals surface area contributed by atoms with Crippen LogP contribution < -0.4 is 10.1 Å². The molecule has 0 spiro atoms. The number of hydrogen-bond donors (Lipinski definition) is 1. The molecule has 0 unspecified atom stereocenters. The maximum Gasteiger partial charge on any atom is 0.260 e. The van der Waals surface area contributed by atoms with Crippen molar-refractivity contribution in [3.63, 3.8) is 0 Å². The lowest BCUT2D eigenvalue weighted by atomic mass is 10.2. The molecule has 1 saturated heterocycles. The maximum absolute atomic E-state index is 12.9. The van der Waals surface area contributed by atoms with Crippen LogP contribution in [0.4, 0.5) is 4.39 Å². The van der Waals surface area contributed by atoms with Gasteiger partial charge in [-0.2, -0.15) is 0 Å². The molecule has 1 amide bonds. The lowest BCUT2D eigenvalue weighted by Gasteiger charge is -2.16. The summed E-state index contributed by atoms with van der Waals surface area (Å²) in [5.74, 6) is -0.380. The highest BCUT2D eigenvalue weighted by Crippen LogP contribution is 2.25. The molecular formula is C15H19ClFNO3. The van der Waals surface area contributed by atoms with Crippen molar-refractivity contribution in [1.82, 2.24) is 5.32 Å². The summed E-state index contributed by atoms with van der Waals surface area (Å²) < 4.78 is 23.9. The van der Waals surface area contributed by atoms with Gasteiger partial charge in [0.2, 0.25) is 0 Å². The number of hydrogen-bond acceptors (Lipinski definition) is 3. The molecule has 1 aliphatic heterocycles. The first kappa shape index (κ1) is 16.0. The van der Waals surface area contributed by atoms with Gasteiger partial charge in [0.15, 0.2) is 6.10 Å². The minimum absolute atomic E-state index is 0.147. The summed E-state index contributed by atoms with van der Waals surface area (Å²) in [5.41, 5.74) is 0. The van der Waals surface area contributed by atoms with Crippen molar-refractivity contribution < 1.29 is 18.7 Å². The number of carbonyl (C=O) groups is 1.